The number of alkyl halides is 2. The highest BCUT2D eigenvalue weighted by atomic mass is 19.3. The Morgan fingerprint density at radius 3 is 2.81 bits per heavy atom. The zero-order valence-electron chi connectivity index (χ0n) is 9.52. The molecule has 1 atom stereocenters. The number of rotatable bonds is 3. The normalized spacial score (nSPS) is 21.6. The van der Waals surface area contributed by atoms with Gasteiger partial charge in [0, 0.05) is 13.3 Å². The lowest BCUT2D eigenvalue weighted by Gasteiger charge is -2.06. The molecule has 1 unspecified atom stereocenters. The first kappa shape index (κ1) is 11.5. The highest BCUT2D eigenvalue weighted by Crippen LogP contribution is 2.31. The van der Waals surface area contributed by atoms with Crippen molar-refractivity contribution in [1.82, 2.24) is 10.3 Å². The Morgan fingerprint density at radius 1 is 1.56 bits per heavy atom. The topological polar surface area (TPSA) is 38.1 Å². The zero-order valence-corrected chi connectivity index (χ0v) is 9.52. The second kappa shape index (κ2) is 4.13. The first-order valence-corrected chi connectivity index (χ1v) is 5.52. The van der Waals surface area contributed by atoms with E-state index < -0.39 is 5.92 Å². The van der Waals surface area contributed by atoms with E-state index in [0.29, 0.717) is 23.9 Å². The molecule has 1 N–H and O–H groups in total. The Labute approximate surface area is 93.2 Å². The van der Waals surface area contributed by atoms with Crippen LogP contribution in [0.5, 0.6) is 0 Å². The summed E-state index contributed by atoms with van der Waals surface area (Å²) in [6.07, 6.45) is 1.70. The summed E-state index contributed by atoms with van der Waals surface area (Å²) in [4.78, 5) is 4.07. The maximum Gasteiger partial charge on any atom is 0.303 e. The molecule has 1 aromatic heterocycles. The van der Waals surface area contributed by atoms with E-state index in [9.17, 15) is 8.78 Å². The number of nitrogens with zero attached hydrogens (tertiary/aromatic N) is 1. The summed E-state index contributed by atoms with van der Waals surface area (Å²) in [6, 6.07) is 0. The summed E-state index contributed by atoms with van der Waals surface area (Å²) < 4.78 is 31.3. The van der Waals surface area contributed by atoms with Crippen molar-refractivity contribution in [2.24, 2.45) is 5.92 Å². The second-order valence-corrected chi connectivity index (χ2v) is 4.47. The Morgan fingerprint density at radius 2 is 2.31 bits per heavy atom. The van der Waals surface area contributed by atoms with Crippen molar-refractivity contribution in [3.05, 3.63) is 17.3 Å². The van der Waals surface area contributed by atoms with E-state index in [-0.39, 0.29) is 5.76 Å². The molecule has 0 saturated carbocycles. The summed E-state index contributed by atoms with van der Waals surface area (Å²) in [5.41, 5.74) is 0.299. The van der Waals surface area contributed by atoms with Crippen molar-refractivity contribution >= 4 is 0 Å². The van der Waals surface area contributed by atoms with Crippen LogP contribution in [0.25, 0.3) is 0 Å². The lowest BCUT2D eigenvalue weighted by Crippen LogP contribution is -2.10. The van der Waals surface area contributed by atoms with Crippen LogP contribution in [0, 0.1) is 12.8 Å². The number of hydrogen-bond donors (Lipinski definition) is 1. The molecule has 0 radical (unpaired) electrons. The molecule has 0 spiro atoms. The molecule has 16 heavy (non-hydrogen) atoms. The molecule has 0 amide bonds. The van der Waals surface area contributed by atoms with Gasteiger partial charge in [0.1, 0.15) is 0 Å². The van der Waals surface area contributed by atoms with Gasteiger partial charge >= 0.3 is 5.92 Å². The van der Waals surface area contributed by atoms with Gasteiger partial charge in [-0.3, -0.25) is 0 Å². The molecule has 3 nitrogen and oxygen atoms in total. The molecule has 0 aromatic carbocycles. The van der Waals surface area contributed by atoms with Gasteiger partial charge in [-0.25, -0.2) is 4.98 Å². The fourth-order valence-electron chi connectivity index (χ4n) is 2.08. The summed E-state index contributed by atoms with van der Waals surface area (Å²) >= 11 is 0. The predicted molar refractivity (Wildman–Crippen MR) is 55.5 cm³/mol. The minimum Gasteiger partial charge on any atom is -0.439 e. The predicted octanol–water partition coefficient (Wildman–Crippen LogP) is 2.25. The van der Waals surface area contributed by atoms with Crippen molar-refractivity contribution in [2.45, 2.75) is 32.6 Å². The van der Waals surface area contributed by atoms with Crippen LogP contribution >= 0.6 is 0 Å². The zero-order chi connectivity index (χ0) is 11.8. The summed E-state index contributed by atoms with van der Waals surface area (Å²) in [5.74, 6) is -2.35. The summed E-state index contributed by atoms with van der Waals surface area (Å²) in [7, 11) is 0. The Hall–Kier alpha value is -0.970. The maximum atomic E-state index is 13.1. The lowest BCUT2D eigenvalue weighted by molar-refractivity contribution is -0.00714. The highest BCUT2D eigenvalue weighted by molar-refractivity contribution is 5.13. The third-order valence-corrected chi connectivity index (χ3v) is 2.87. The Balaban J connectivity index is 2.11. The number of oxazole rings is 1. The number of nitrogens with one attached hydrogen (secondary N) is 1. The molecule has 1 aliphatic heterocycles. The molecule has 2 rings (SSSR count). The van der Waals surface area contributed by atoms with Crippen molar-refractivity contribution in [3.63, 3.8) is 0 Å². The molecule has 1 saturated heterocycles. The Kier molecular flexibility index (Phi) is 2.97. The Bertz CT molecular complexity index is 365. The van der Waals surface area contributed by atoms with Crippen molar-refractivity contribution in [2.75, 3.05) is 13.1 Å². The average molecular weight is 230 g/mol. The SMILES string of the molecule is Cc1nc(CC2CCNC2)oc1C(C)(F)F. The van der Waals surface area contributed by atoms with Gasteiger partial charge in [-0.1, -0.05) is 0 Å². The van der Waals surface area contributed by atoms with Gasteiger partial charge in [-0.2, -0.15) is 8.78 Å². The van der Waals surface area contributed by atoms with E-state index >= 15 is 0 Å². The summed E-state index contributed by atoms with van der Waals surface area (Å²) in [5, 5.41) is 3.23. The summed E-state index contributed by atoms with van der Waals surface area (Å²) in [6.45, 7) is 4.30. The molecule has 5 heteroatoms. The van der Waals surface area contributed by atoms with Gasteiger partial charge in [0.25, 0.3) is 0 Å². The van der Waals surface area contributed by atoms with Crippen molar-refractivity contribution < 1.29 is 13.2 Å². The van der Waals surface area contributed by atoms with Crippen LogP contribution < -0.4 is 5.32 Å². The van der Waals surface area contributed by atoms with E-state index in [4.69, 9.17) is 4.42 Å². The molecule has 90 valence electrons. The fourth-order valence-corrected chi connectivity index (χ4v) is 2.08. The number of aryl methyl sites for hydroxylation is 1. The minimum atomic E-state index is -2.94. The molecule has 0 aliphatic carbocycles. The van der Waals surface area contributed by atoms with Crippen LogP contribution in [0.15, 0.2) is 4.42 Å². The van der Waals surface area contributed by atoms with Crippen LogP contribution in [-0.2, 0) is 12.3 Å². The fraction of sp³-hybridized carbons (Fsp3) is 0.727. The van der Waals surface area contributed by atoms with Crippen LogP contribution in [0.2, 0.25) is 0 Å². The number of aromatic nitrogens is 1. The molecule has 1 aliphatic rings. The molecule has 1 aromatic rings. The lowest BCUT2D eigenvalue weighted by atomic mass is 10.1. The smallest absolute Gasteiger partial charge is 0.303 e. The van der Waals surface area contributed by atoms with Gasteiger partial charge in [0.2, 0.25) is 0 Å². The van der Waals surface area contributed by atoms with Gasteiger partial charge in [-0.15, -0.1) is 0 Å². The third kappa shape index (κ3) is 2.40. The van der Waals surface area contributed by atoms with E-state index in [1.165, 1.54) is 0 Å². The molecular weight excluding hydrogens is 214 g/mol. The molecule has 1 fully saturated rings. The van der Waals surface area contributed by atoms with Gasteiger partial charge < -0.3 is 9.73 Å². The monoisotopic (exact) mass is 230 g/mol. The quantitative estimate of drug-likeness (QED) is 0.865. The standard InChI is InChI=1S/C11H16F2N2O/c1-7-10(11(2,12)13)16-9(15-7)5-8-3-4-14-6-8/h8,14H,3-6H2,1-2H3. The van der Waals surface area contributed by atoms with Crippen LogP contribution in [0.1, 0.15) is 30.7 Å². The van der Waals surface area contributed by atoms with Crippen LogP contribution in [0.3, 0.4) is 0 Å². The van der Waals surface area contributed by atoms with E-state index in [0.717, 1.165) is 26.4 Å². The third-order valence-electron chi connectivity index (χ3n) is 2.87. The maximum absolute atomic E-state index is 13.1. The number of hydrogen-bond acceptors (Lipinski definition) is 3. The second-order valence-electron chi connectivity index (χ2n) is 4.47. The average Bonchev–Trinajstić information content (AvgIpc) is 2.74. The first-order chi connectivity index (χ1) is 7.47. The molecular formula is C11H16F2N2O. The van der Waals surface area contributed by atoms with E-state index in [1.807, 2.05) is 0 Å². The van der Waals surface area contributed by atoms with Gasteiger partial charge in [0.05, 0.1) is 5.69 Å². The van der Waals surface area contributed by atoms with Crippen molar-refractivity contribution in [3.8, 4) is 0 Å². The van der Waals surface area contributed by atoms with Crippen LogP contribution in [-0.4, -0.2) is 18.1 Å². The van der Waals surface area contributed by atoms with E-state index in [1.54, 1.807) is 6.92 Å². The first-order valence-electron chi connectivity index (χ1n) is 5.52. The number of halogens is 2. The van der Waals surface area contributed by atoms with Gasteiger partial charge in [-0.05, 0) is 32.4 Å². The minimum absolute atomic E-state index is 0.298. The molecule has 2 heterocycles. The van der Waals surface area contributed by atoms with Crippen LogP contribution in [0.4, 0.5) is 8.78 Å². The van der Waals surface area contributed by atoms with Gasteiger partial charge in [0.15, 0.2) is 11.7 Å². The van der Waals surface area contributed by atoms with Crippen molar-refractivity contribution in [1.29, 1.82) is 0 Å². The molecule has 0 bridgehead atoms. The van der Waals surface area contributed by atoms with E-state index in [2.05, 4.69) is 10.3 Å². The highest BCUT2D eigenvalue weighted by Gasteiger charge is 2.32. The largest absolute Gasteiger partial charge is 0.439 e.